The van der Waals surface area contributed by atoms with Gasteiger partial charge in [0.1, 0.15) is 6.17 Å². The first-order valence-electron chi connectivity index (χ1n) is 11.0. The molecule has 0 unspecified atom stereocenters. The van der Waals surface area contributed by atoms with E-state index in [2.05, 4.69) is 0 Å². The van der Waals surface area contributed by atoms with Crippen LogP contribution in [0, 0.1) is 28.6 Å². The van der Waals surface area contributed by atoms with E-state index in [1.54, 1.807) is 6.92 Å². The Bertz CT molecular complexity index is 949. The monoisotopic (exact) mass is 468 g/mol. The van der Waals surface area contributed by atoms with Crippen LogP contribution in [-0.4, -0.2) is 52.6 Å². The predicted octanol–water partition coefficient (Wildman–Crippen LogP) is 3.83. The summed E-state index contributed by atoms with van der Waals surface area (Å²) in [5, 5.41) is 11.4. The molecule has 0 aromatic heterocycles. The largest absolute Gasteiger partial charge is 0.487 e. The number of methoxy groups -OCH3 is 1. The minimum Gasteiger partial charge on any atom is -0.487 e. The number of rotatable bonds is 2. The molecule has 0 saturated heterocycles. The maximum Gasteiger partial charge on any atom is 0.303 e. The van der Waals surface area contributed by atoms with Crippen LogP contribution in [0.5, 0.6) is 0 Å². The van der Waals surface area contributed by atoms with Crippen LogP contribution in [0.1, 0.15) is 47.0 Å². The third-order valence-electron chi connectivity index (χ3n) is 8.96. The molecule has 9 atom stereocenters. The van der Waals surface area contributed by atoms with Crippen molar-refractivity contribution in [2.45, 2.75) is 70.5 Å². The number of halogens is 2. The summed E-state index contributed by atoms with van der Waals surface area (Å²) in [6.07, 6.45) is 1.03. The van der Waals surface area contributed by atoms with Crippen molar-refractivity contribution in [1.29, 1.82) is 0 Å². The number of esters is 1. The van der Waals surface area contributed by atoms with Gasteiger partial charge in [-0.15, -0.1) is 0 Å². The first-order valence-corrected chi connectivity index (χ1v) is 11.4. The highest BCUT2D eigenvalue weighted by Crippen LogP contribution is 2.71. The zero-order valence-corrected chi connectivity index (χ0v) is 19.8. The molecule has 176 valence electrons. The summed E-state index contributed by atoms with van der Waals surface area (Å²) in [7, 11) is 1.40. The molecule has 0 aromatic carbocycles. The fourth-order valence-corrected chi connectivity index (χ4v) is 8.07. The fraction of sp³-hybridized carbons (Fsp3) is 0.708. The Balaban J connectivity index is 1.89. The van der Waals surface area contributed by atoms with Gasteiger partial charge < -0.3 is 14.6 Å². The van der Waals surface area contributed by atoms with Crippen molar-refractivity contribution in [1.82, 2.24) is 0 Å². The Morgan fingerprint density at radius 3 is 2.53 bits per heavy atom. The maximum absolute atomic E-state index is 17.2. The average Bonchev–Trinajstić information content (AvgIpc) is 2.92. The number of hydrogen-bond acceptors (Lipinski definition) is 6. The molecule has 3 saturated carbocycles. The van der Waals surface area contributed by atoms with Gasteiger partial charge in [-0.25, -0.2) is 8.78 Å². The molecule has 0 spiro atoms. The van der Waals surface area contributed by atoms with Crippen LogP contribution in [0.2, 0.25) is 0 Å². The topological polar surface area (TPSA) is 72.8 Å². The standard InChI is InChI=1S/C24H30F2O5S/c1-12-8-15-16-10-18(25)17-9-14(28)6-7-21(17,3)23(16,26)19(29)11-22(15,4)24(12,20(32)30-5)31-13(2)27/h6-7,9,12,15-16,18-19,29H,8,10-11H2,1-5H3/t12-,15-,16-,18-,19-,21-,22-,23-,24-/m0/s1. The molecule has 0 amide bonds. The van der Waals surface area contributed by atoms with E-state index in [1.807, 2.05) is 13.8 Å². The SMILES string of the molecule is COC(=S)[C@@]1(OC(C)=O)[C@@H](C)C[C@H]2[C@@H]3C[C@H](F)C4=CC(=O)C=C[C@]4(C)[C@@]3(F)[C@@H](O)C[C@@]21C. The van der Waals surface area contributed by atoms with Crippen molar-refractivity contribution in [2.24, 2.45) is 28.6 Å². The molecule has 0 bridgehead atoms. The van der Waals surface area contributed by atoms with E-state index in [4.69, 9.17) is 21.7 Å². The molecule has 0 radical (unpaired) electrons. The van der Waals surface area contributed by atoms with Gasteiger partial charge in [-0.2, -0.15) is 0 Å². The lowest BCUT2D eigenvalue weighted by Crippen LogP contribution is -2.70. The number of thiocarbonyl (C=S) groups is 1. The van der Waals surface area contributed by atoms with Crippen molar-refractivity contribution in [3.8, 4) is 0 Å². The van der Waals surface area contributed by atoms with E-state index < -0.39 is 52.2 Å². The van der Waals surface area contributed by atoms with Crippen LogP contribution < -0.4 is 0 Å². The van der Waals surface area contributed by atoms with Gasteiger partial charge in [0.15, 0.2) is 17.1 Å². The van der Waals surface area contributed by atoms with E-state index in [0.717, 1.165) is 0 Å². The van der Waals surface area contributed by atoms with E-state index in [9.17, 15) is 14.7 Å². The molecule has 0 aliphatic heterocycles. The number of alkyl halides is 2. The summed E-state index contributed by atoms with van der Waals surface area (Å²) < 4.78 is 43.9. The van der Waals surface area contributed by atoms with Gasteiger partial charge in [0, 0.05) is 29.6 Å². The van der Waals surface area contributed by atoms with Crippen LogP contribution in [-0.2, 0) is 19.1 Å². The number of aliphatic hydroxyl groups excluding tert-OH is 1. The number of allylic oxidation sites excluding steroid dienone is 4. The third kappa shape index (κ3) is 2.59. The Hall–Kier alpha value is -1.67. The number of aliphatic hydroxyl groups is 1. The minimum atomic E-state index is -2.19. The average molecular weight is 469 g/mol. The summed E-state index contributed by atoms with van der Waals surface area (Å²) in [4.78, 5) is 24.1. The molecule has 0 aromatic rings. The first kappa shape index (κ1) is 23.5. The second kappa shape index (κ2) is 7.16. The van der Waals surface area contributed by atoms with Crippen molar-refractivity contribution >= 4 is 29.0 Å². The zero-order chi connectivity index (χ0) is 23.9. The Morgan fingerprint density at radius 2 is 1.94 bits per heavy atom. The number of ether oxygens (including phenoxy) is 2. The quantitative estimate of drug-likeness (QED) is 0.491. The van der Waals surface area contributed by atoms with Crippen LogP contribution >= 0.6 is 12.2 Å². The van der Waals surface area contributed by atoms with Gasteiger partial charge in [-0.3, -0.25) is 9.59 Å². The van der Waals surface area contributed by atoms with Gasteiger partial charge in [-0.05, 0) is 62.0 Å². The Morgan fingerprint density at radius 1 is 1.28 bits per heavy atom. The number of fused-ring (bicyclic) bond motifs is 5. The van der Waals surface area contributed by atoms with E-state index in [-0.39, 0.29) is 35.2 Å². The van der Waals surface area contributed by atoms with Crippen LogP contribution in [0.25, 0.3) is 0 Å². The highest BCUT2D eigenvalue weighted by atomic mass is 32.1. The lowest BCUT2D eigenvalue weighted by molar-refractivity contribution is -0.221. The van der Waals surface area contributed by atoms with Crippen molar-refractivity contribution in [3.63, 3.8) is 0 Å². The molecule has 0 heterocycles. The number of hydrogen-bond donors (Lipinski definition) is 1. The fourth-order valence-electron chi connectivity index (χ4n) is 7.60. The summed E-state index contributed by atoms with van der Waals surface area (Å²) >= 11 is 5.52. The second-order valence-electron chi connectivity index (χ2n) is 10.3. The predicted molar refractivity (Wildman–Crippen MR) is 117 cm³/mol. The van der Waals surface area contributed by atoms with Gasteiger partial charge in [0.25, 0.3) is 0 Å². The number of carbonyl (C=O) groups is 2. The zero-order valence-electron chi connectivity index (χ0n) is 19.0. The van der Waals surface area contributed by atoms with Gasteiger partial charge >= 0.3 is 5.97 Å². The van der Waals surface area contributed by atoms with E-state index >= 15 is 8.78 Å². The molecule has 8 heteroatoms. The van der Waals surface area contributed by atoms with Crippen LogP contribution in [0.3, 0.4) is 0 Å². The number of carbonyl (C=O) groups excluding carboxylic acids is 2. The van der Waals surface area contributed by atoms with Crippen LogP contribution in [0.15, 0.2) is 23.8 Å². The van der Waals surface area contributed by atoms with E-state index in [0.29, 0.717) is 6.42 Å². The van der Waals surface area contributed by atoms with Crippen molar-refractivity contribution < 1.29 is 33.0 Å². The molecule has 3 fully saturated rings. The molecule has 4 aliphatic rings. The van der Waals surface area contributed by atoms with Gasteiger partial charge in [0.2, 0.25) is 5.05 Å². The van der Waals surface area contributed by atoms with Gasteiger partial charge in [-0.1, -0.05) is 19.9 Å². The van der Waals surface area contributed by atoms with Gasteiger partial charge in [0.05, 0.1) is 13.2 Å². The van der Waals surface area contributed by atoms with Crippen molar-refractivity contribution in [3.05, 3.63) is 23.8 Å². The molecule has 1 N–H and O–H groups in total. The third-order valence-corrected chi connectivity index (χ3v) is 9.43. The normalized spacial score (nSPS) is 49.4. The molecular formula is C24H30F2O5S. The highest BCUT2D eigenvalue weighted by Gasteiger charge is 2.77. The molecule has 32 heavy (non-hydrogen) atoms. The lowest BCUT2D eigenvalue weighted by Gasteiger charge is -2.63. The number of ketones is 1. The lowest BCUT2D eigenvalue weighted by atomic mass is 9.44. The molecule has 5 nitrogen and oxygen atoms in total. The first-order chi connectivity index (χ1) is 14.8. The Kier molecular flexibility index (Phi) is 5.26. The van der Waals surface area contributed by atoms with Crippen molar-refractivity contribution in [2.75, 3.05) is 7.11 Å². The Labute approximate surface area is 192 Å². The molecule has 4 aliphatic carbocycles. The second-order valence-corrected chi connectivity index (χ2v) is 10.7. The smallest absolute Gasteiger partial charge is 0.303 e. The summed E-state index contributed by atoms with van der Waals surface area (Å²) in [6.45, 7) is 6.54. The molecule has 4 rings (SSSR count). The molecular weight excluding hydrogens is 438 g/mol. The summed E-state index contributed by atoms with van der Waals surface area (Å²) in [6, 6.07) is 0. The minimum absolute atomic E-state index is 0.0482. The maximum atomic E-state index is 17.2. The van der Waals surface area contributed by atoms with E-state index in [1.165, 1.54) is 32.3 Å². The highest BCUT2D eigenvalue weighted by molar-refractivity contribution is 7.80. The summed E-state index contributed by atoms with van der Waals surface area (Å²) in [5.74, 6) is -2.56. The summed E-state index contributed by atoms with van der Waals surface area (Å²) in [5.41, 5.74) is -5.88. The van der Waals surface area contributed by atoms with Crippen LogP contribution in [0.4, 0.5) is 8.78 Å².